The second-order valence-electron chi connectivity index (χ2n) is 4.59. The standard InChI is InChI=1S/C15H16N4O/c1-10-17-14(11-4-3-5-13(6-11)20-2)7-15-18-12(8-16)9-19(10)15/h3-7,9H,8,16H2,1-2H3. The third-order valence-corrected chi connectivity index (χ3v) is 3.25. The molecule has 0 saturated carbocycles. The van der Waals surface area contributed by atoms with Crippen molar-refractivity contribution >= 4 is 5.65 Å². The van der Waals surface area contributed by atoms with Crippen molar-refractivity contribution in [1.82, 2.24) is 14.4 Å². The van der Waals surface area contributed by atoms with Crippen molar-refractivity contribution in [3.05, 3.63) is 48.0 Å². The first kappa shape index (κ1) is 12.6. The Morgan fingerprint density at radius 3 is 2.85 bits per heavy atom. The van der Waals surface area contributed by atoms with E-state index < -0.39 is 0 Å². The molecule has 2 aromatic heterocycles. The van der Waals surface area contributed by atoms with Crippen molar-refractivity contribution in [2.45, 2.75) is 13.5 Å². The van der Waals surface area contributed by atoms with E-state index in [0.717, 1.165) is 34.2 Å². The van der Waals surface area contributed by atoms with Crippen LogP contribution in [0.2, 0.25) is 0 Å². The highest BCUT2D eigenvalue weighted by atomic mass is 16.5. The summed E-state index contributed by atoms with van der Waals surface area (Å²) < 4.78 is 7.20. The van der Waals surface area contributed by atoms with E-state index in [-0.39, 0.29) is 0 Å². The van der Waals surface area contributed by atoms with Gasteiger partial charge in [0.1, 0.15) is 17.2 Å². The molecule has 0 aliphatic rings. The van der Waals surface area contributed by atoms with Crippen LogP contribution < -0.4 is 10.5 Å². The number of aromatic nitrogens is 3. The Morgan fingerprint density at radius 2 is 2.10 bits per heavy atom. The Labute approximate surface area is 117 Å². The quantitative estimate of drug-likeness (QED) is 0.790. The lowest BCUT2D eigenvalue weighted by atomic mass is 10.1. The van der Waals surface area contributed by atoms with E-state index in [0.29, 0.717) is 6.54 Å². The smallest absolute Gasteiger partial charge is 0.140 e. The highest BCUT2D eigenvalue weighted by Crippen LogP contribution is 2.23. The first-order valence-corrected chi connectivity index (χ1v) is 6.41. The number of benzene rings is 1. The fourth-order valence-electron chi connectivity index (χ4n) is 2.22. The van der Waals surface area contributed by atoms with Gasteiger partial charge in [-0.15, -0.1) is 0 Å². The van der Waals surface area contributed by atoms with Gasteiger partial charge in [-0.25, -0.2) is 9.97 Å². The summed E-state index contributed by atoms with van der Waals surface area (Å²) in [4.78, 5) is 9.11. The van der Waals surface area contributed by atoms with Gasteiger partial charge < -0.3 is 10.5 Å². The Kier molecular flexibility index (Phi) is 3.12. The Hall–Kier alpha value is -2.40. The first-order valence-electron chi connectivity index (χ1n) is 6.41. The Morgan fingerprint density at radius 1 is 1.25 bits per heavy atom. The molecule has 0 aliphatic heterocycles. The fourth-order valence-corrected chi connectivity index (χ4v) is 2.22. The Balaban J connectivity index is 2.15. The van der Waals surface area contributed by atoms with Gasteiger partial charge in [0.05, 0.1) is 18.5 Å². The number of rotatable bonds is 3. The molecule has 0 spiro atoms. The summed E-state index contributed by atoms with van der Waals surface area (Å²) in [6.07, 6.45) is 1.92. The number of aryl methyl sites for hydroxylation is 1. The van der Waals surface area contributed by atoms with E-state index in [1.165, 1.54) is 0 Å². The van der Waals surface area contributed by atoms with Crippen LogP contribution in [-0.4, -0.2) is 21.5 Å². The first-order chi connectivity index (χ1) is 9.71. The van der Waals surface area contributed by atoms with Gasteiger partial charge in [-0.2, -0.15) is 0 Å². The van der Waals surface area contributed by atoms with Gasteiger partial charge in [0.2, 0.25) is 0 Å². The van der Waals surface area contributed by atoms with Crippen molar-refractivity contribution in [1.29, 1.82) is 0 Å². The number of ether oxygens (including phenoxy) is 1. The summed E-state index contributed by atoms with van der Waals surface area (Å²) in [5.41, 5.74) is 9.24. The molecule has 0 radical (unpaired) electrons. The number of nitrogens with two attached hydrogens (primary N) is 1. The monoisotopic (exact) mass is 268 g/mol. The van der Waals surface area contributed by atoms with E-state index in [2.05, 4.69) is 9.97 Å². The van der Waals surface area contributed by atoms with Crippen LogP contribution in [0.5, 0.6) is 5.75 Å². The highest BCUT2D eigenvalue weighted by molar-refractivity contribution is 5.65. The topological polar surface area (TPSA) is 65.4 Å². The summed E-state index contributed by atoms with van der Waals surface area (Å²) in [6.45, 7) is 2.38. The molecule has 2 heterocycles. The van der Waals surface area contributed by atoms with Crippen LogP contribution in [0, 0.1) is 6.92 Å². The molecule has 0 unspecified atom stereocenters. The molecule has 102 valence electrons. The van der Waals surface area contributed by atoms with Crippen molar-refractivity contribution in [2.75, 3.05) is 7.11 Å². The van der Waals surface area contributed by atoms with E-state index in [9.17, 15) is 0 Å². The van der Waals surface area contributed by atoms with Gasteiger partial charge in [0.15, 0.2) is 0 Å². The minimum absolute atomic E-state index is 0.426. The number of methoxy groups -OCH3 is 1. The zero-order chi connectivity index (χ0) is 14.1. The molecule has 3 rings (SSSR count). The third kappa shape index (κ3) is 2.12. The second-order valence-corrected chi connectivity index (χ2v) is 4.59. The lowest BCUT2D eigenvalue weighted by molar-refractivity contribution is 0.415. The normalized spacial score (nSPS) is 10.9. The Bertz CT molecular complexity index is 764. The number of hydrogen-bond acceptors (Lipinski definition) is 4. The third-order valence-electron chi connectivity index (χ3n) is 3.25. The summed E-state index contributed by atoms with van der Waals surface area (Å²) in [6, 6.07) is 9.79. The molecular weight excluding hydrogens is 252 g/mol. The van der Waals surface area contributed by atoms with Crippen LogP contribution in [0.25, 0.3) is 16.9 Å². The van der Waals surface area contributed by atoms with Crippen molar-refractivity contribution in [3.63, 3.8) is 0 Å². The van der Waals surface area contributed by atoms with Gasteiger partial charge in [0.25, 0.3) is 0 Å². The predicted molar refractivity (Wildman–Crippen MR) is 77.6 cm³/mol. The molecule has 0 bridgehead atoms. The maximum Gasteiger partial charge on any atom is 0.140 e. The van der Waals surface area contributed by atoms with Crippen LogP contribution in [0.3, 0.4) is 0 Å². The minimum Gasteiger partial charge on any atom is -0.497 e. The lowest BCUT2D eigenvalue weighted by Gasteiger charge is -2.06. The number of hydrogen-bond donors (Lipinski definition) is 1. The average Bonchev–Trinajstić information content (AvgIpc) is 2.91. The minimum atomic E-state index is 0.426. The molecule has 1 aromatic carbocycles. The van der Waals surface area contributed by atoms with Gasteiger partial charge >= 0.3 is 0 Å². The summed E-state index contributed by atoms with van der Waals surface area (Å²) in [5.74, 6) is 1.69. The van der Waals surface area contributed by atoms with Gasteiger partial charge in [-0.3, -0.25) is 4.40 Å². The van der Waals surface area contributed by atoms with Crippen LogP contribution in [0.4, 0.5) is 0 Å². The molecule has 0 atom stereocenters. The maximum atomic E-state index is 5.64. The maximum absolute atomic E-state index is 5.64. The largest absolute Gasteiger partial charge is 0.497 e. The molecule has 0 amide bonds. The second kappa shape index (κ2) is 4.94. The van der Waals surface area contributed by atoms with Crippen molar-refractivity contribution in [3.8, 4) is 17.0 Å². The fraction of sp³-hybridized carbons (Fsp3) is 0.200. The molecular formula is C15H16N4O. The van der Waals surface area contributed by atoms with Crippen molar-refractivity contribution in [2.24, 2.45) is 5.73 Å². The molecule has 20 heavy (non-hydrogen) atoms. The van der Waals surface area contributed by atoms with E-state index in [1.54, 1.807) is 7.11 Å². The lowest BCUT2D eigenvalue weighted by Crippen LogP contribution is -1.97. The predicted octanol–water partition coefficient (Wildman–Crippen LogP) is 2.17. The van der Waals surface area contributed by atoms with Crippen LogP contribution in [-0.2, 0) is 6.54 Å². The highest BCUT2D eigenvalue weighted by Gasteiger charge is 2.08. The summed E-state index contributed by atoms with van der Waals surface area (Å²) in [7, 11) is 1.66. The van der Waals surface area contributed by atoms with Gasteiger partial charge in [-0.1, -0.05) is 12.1 Å². The molecule has 0 saturated heterocycles. The molecule has 0 fully saturated rings. The molecule has 5 nitrogen and oxygen atoms in total. The molecule has 3 aromatic rings. The zero-order valence-corrected chi connectivity index (χ0v) is 11.5. The van der Waals surface area contributed by atoms with Crippen LogP contribution >= 0.6 is 0 Å². The van der Waals surface area contributed by atoms with Gasteiger partial charge in [-0.05, 0) is 19.1 Å². The number of nitrogens with zero attached hydrogens (tertiary/aromatic N) is 3. The average molecular weight is 268 g/mol. The van der Waals surface area contributed by atoms with Crippen molar-refractivity contribution < 1.29 is 4.74 Å². The van der Waals surface area contributed by atoms with Crippen LogP contribution in [0.1, 0.15) is 11.5 Å². The van der Waals surface area contributed by atoms with E-state index in [4.69, 9.17) is 10.5 Å². The number of fused-ring (bicyclic) bond motifs is 1. The van der Waals surface area contributed by atoms with E-state index >= 15 is 0 Å². The van der Waals surface area contributed by atoms with Gasteiger partial charge in [0, 0.05) is 24.4 Å². The SMILES string of the molecule is COc1cccc(-c2cc3nc(CN)cn3c(C)n2)c1. The molecule has 0 aliphatic carbocycles. The summed E-state index contributed by atoms with van der Waals surface area (Å²) in [5, 5.41) is 0. The number of imidazole rings is 1. The molecule has 5 heteroatoms. The molecule has 2 N–H and O–H groups in total. The van der Waals surface area contributed by atoms with Crippen LogP contribution in [0.15, 0.2) is 36.5 Å². The zero-order valence-electron chi connectivity index (χ0n) is 11.5. The summed E-state index contributed by atoms with van der Waals surface area (Å²) >= 11 is 0. The van der Waals surface area contributed by atoms with E-state index in [1.807, 2.05) is 47.9 Å².